The van der Waals surface area contributed by atoms with Crippen LogP contribution < -0.4 is 0 Å². The minimum Gasteiger partial charge on any atom is -0.339 e. The van der Waals surface area contributed by atoms with Gasteiger partial charge >= 0.3 is 0 Å². The van der Waals surface area contributed by atoms with Crippen molar-refractivity contribution in [2.75, 3.05) is 26.2 Å². The van der Waals surface area contributed by atoms with Crippen LogP contribution in [0.3, 0.4) is 0 Å². The van der Waals surface area contributed by atoms with Crippen molar-refractivity contribution in [1.29, 1.82) is 0 Å². The second-order valence-electron chi connectivity index (χ2n) is 8.08. The summed E-state index contributed by atoms with van der Waals surface area (Å²) in [6.45, 7) is 8.31. The largest absolute Gasteiger partial charge is 0.339 e. The van der Waals surface area contributed by atoms with E-state index in [0.717, 1.165) is 49.3 Å². The minimum absolute atomic E-state index is 0.171. The van der Waals surface area contributed by atoms with Crippen molar-refractivity contribution in [3.8, 4) is 11.4 Å². The van der Waals surface area contributed by atoms with Crippen molar-refractivity contribution in [2.45, 2.75) is 30.8 Å². The first-order chi connectivity index (χ1) is 15.0. The molecule has 31 heavy (non-hydrogen) atoms. The van der Waals surface area contributed by atoms with Gasteiger partial charge in [-0.05, 0) is 19.4 Å². The summed E-state index contributed by atoms with van der Waals surface area (Å²) >= 11 is 1.48. The van der Waals surface area contributed by atoms with Crippen LogP contribution >= 0.6 is 11.8 Å². The quantitative estimate of drug-likeness (QED) is 0.554. The maximum atomic E-state index is 13.0. The number of thioether (sulfide) groups is 1. The molecule has 1 atom stereocenters. The molecule has 0 N–H and O–H groups in total. The molecule has 162 valence electrons. The molecule has 2 heterocycles. The van der Waals surface area contributed by atoms with Gasteiger partial charge in [0.15, 0.2) is 11.0 Å². The predicted molar refractivity (Wildman–Crippen MR) is 125 cm³/mol. The fraction of sp³-hybridized carbons (Fsp3) is 0.375. The number of benzene rings is 2. The number of hydrogen-bond donors (Lipinski definition) is 0. The molecule has 3 aromatic rings. The average Bonchev–Trinajstić information content (AvgIpc) is 3.15. The van der Waals surface area contributed by atoms with E-state index < -0.39 is 0 Å². The third kappa shape index (κ3) is 5.17. The zero-order valence-electron chi connectivity index (χ0n) is 18.4. The Bertz CT molecular complexity index is 1010. The topological polar surface area (TPSA) is 54.3 Å². The first-order valence-electron chi connectivity index (χ1n) is 10.7. The third-order valence-corrected chi connectivity index (χ3v) is 6.83. The Balaban J connectivity index is 1.32. The molecule has 4 rings (SSSR count). The van der Waals surface area contributed by atoms with Gasteiger partial charge in [0.25, 0.3) is 0 Å². The number of aryl methyl sites for hydroxylation is 1. The molecule has 1 saturated heterocycles. The van der Waals surface area contributed by atoms with Gasteiger partial charge in [-0.2, -0.15) is 0 Å². The Morgan fingerprint density at radius 1 is 1.00 bits per heavy atom. The minimum atomic E-state index is -0.200. The summed E-state index contributed by atoms with van der Waals surface area (Å²) in [4.78, 5) is 17.4. The van der Waals surface area contributed by atoms with E-state index in [-0.39, 0.29) is 11.2 Å². The summed E-state index contributed by atoms with van der Waals surface area (Å²) in [6.07, 6.45) is 0. The smallest absolute Gasteiger partial charge is 0.235 e. The Morgan fingerprint density at radius 3 is 2.35 bits per heavy atom. The highest BCUT2D eigenvalue weighted by Crippen LogP contribution is 2.27. The molecule has 1 aliphatic heterocycles. The van der Waals surface area contributed by atoms with Crippen LogP contribution in [0.1, 0.15) is 18.1 Å². The van der Waals surface area contributed by atoms with Crippen LogP contribution in [0.2, 0.25) is 0 Å². The van der Waals surface area contributed by atoms with E-state index in [9.17, 15) is 4.79 Å². The maximum absolute atomic E-state index is 13.0. The molecule has 0 radical (unpaired) electrons. The van der Waals surface area contributed by atoms with Crippen LogP contribution in [-0.2, 0) is 18.4 Å². The van der Waals surface area contributed by atoms with Crippen molar-refractivity contribution >= 4 is 17.7 Å². The molecule has 7 heteroatoms. The second kappa shape index (κ2) is 9.66. The first kappa shape index (κ1) is 21.6. The number of carbonyl (C=O) groups is 1. The van der Waals surface area contributed by atoms with Gasteiger partial charge in [0.1, 0.15) is 0 Å². The first-order valence-corrected chi connectivity index (χ1v) is 11.6. The molecule has 0 saturated carbocycles. The van der Waals surface area contributed by atoms with E-state index >= 15 is 0 Å². The third-order valence-electron chi connectivity index (χ3n) is 5.71. The molecule has 6 nitrogen and oxygen atoms in total. The van der Waals surface area contributed by atoms with Crippen LogP contribution in [0.15, 0.2) is 59.8 Å². The SMILES string of the molecule is Cc1ccc(-c2nnc(SC(C)C(=O)N3CCN(Cc4ccccc4)CC3)n2C)cc1. The Morgan fingerprint density at radius 2 is 1.68 bits per heavy atom. The van der Waals surface area contributed by atoms with E-state index in [1.54, 1.807) is 0 Å². The lowest BCUT2D eigenvalue weighted by Crippen LogP contribution is -2.50. The molecule has 2 aromatic carbocycles. The van der Waals surface area contributed by atoms with Crippen molar-refractivity contribution in [3.05, 3.63) is 65.7 Å². The van der Waals surface area contributed by atoms with E-state index in [4.69, 9.17) is 0 Å². The summed E-state index contributed by atoms with van der Waals surface area (Å²) < 4.78 is 1.97. The van der Waals surface area contributed by atoms with E-state index in [2.05, 4.69) is 70.6 Å². The van der Waals surface area contributed by atoms with Gasteiger partial charge < -0.3 is 9.47 Å². The second-order valence-corrected chi connectivity index (χ2v) is 9.39. The fourth-order valence-electron chi connectivity index (χ4n) is 3.81. The van der Waals surface area contributed by atoms with Gasteiger partial charge in [-0.25, -0.2) is 0 Å². The fourth-order valence-corrected chi connectivity index (χ4v) is 4.70. The van der Waals surface area contributed by atoms with Gasteiger partial charge in [0.05, 0.1) is 5.25 Å². The maximum Gasteiger partial charge on any atom is 0.235 e. The Kier molecular flexibility index (Phi) is 6.73. The van der Waals surface area contributed by atoms with Gasteiger partial charge in [0, 0.05) is 45.3 Å². The van der Waals surface area contributed by atoms with Crippen LogP contribution in [0, 0.1) is 6.92 Å². The molecule has 1 amide bonds. The van der Waals surface area contributed by atoms with Crippen molar-refractivity contribution in [1.82, 2.24) is 24.6 Å². The van der Waals surface area contributed by atoms with Gasteiger partial charge in [0.2, 0.25) is 5.91 Å². The van der Waals surface area contributed by atoms with Crippen molar-refractivity contribution in [2.24, 2.45) is 7.05 Å². The molecule has 1 unspecified atom stereocenters. The van der Waals surface area contributed by atoms with E-state index in [1.807, 2.05) is 29.5 Å². The summed E-state index contributed by atoms with van der Waals surface area (Å²) in [6, 6.07) is 18.7. The lowest BCUT2D eigenvalue weighted by atomic mass is 10.1. The number of piperazine rings is 1. The monoisotopic (exact) mass is 435 g/mol. The average molecular weight is 436 g/mol. The highest BCUT2D eigenvalue weighted by atomic mass is 32.2. The molecule has 1 aliphatic rings. The Hall–Kier alpha value is -2.64. The normalized spacial score (nSPS) is 15.8. The van der Waals surface area contributed by atoms with Crippen LogP contribution in [-0.4, -0.2) is 61.9 Å². The van der Waals surface area contributed by atoms with Crippen molar-refractivity contribution in [3.63, 3.8) is 0 Å². The van der Waals surface area contributed by atoms with Gasteiger partial charge in [-0.3, -0.25) is 9.69 Å². The molecular weight excluding hydrogens is 406 g/mol. The molecule has 0 bridgehead atoms. The lowest BCUT2D eigenvalue weighted by molar-refractivity contribution is -0.132. The number of aromatic nitrogens is 3. The van der Waals surface area contributed by atoms with Crippen molar-refractivity contribution < 1.29 is 4.79 Å². The van der Waals surface area contributed by atoms with Gasteiger partial charge in [-0.1, -0.05) is 71.9 Å². The Labute approximate surface area is 188 Å². The number of nitrogens with zero attached hydrogens (tertiary/aromatic N) is 5. The zero-order chi connectivity index (χ0) is 21.8. The number of rotatable bonds is 6. The highest BCUT2D eigenvalue weighted by molar-refractivity contribution is 8.00. The number of hydrogen-bond acceptors (Lipinski definition) is 5. The number of amides is 1. The summed E-state index contributed by atoms with van der Waals surface area (Å²) in [5.74, 6) is 0.987. The summed E-state index contributed by atoms with van der Waals surface area (Å²) in [5, 5.41) is 9.25. The molecule has 0 aliphatic carbocycles. The molecule has 1 aromatic heterocycles. The van der Waals surface area contributed by atoms with Crippen LogP contribution in [0.4, 0.5) is 0 Å². The summed E-state index contributed by atoms with van der Waals surface area (Å²) in [7, 11) is 1.96. The zero-order valence-corrected chi connectivity index (χ0v) is 19.2. The highest BCUT2D eigenvalue weighted by Gasteiger charge is 2.27. The summed E-state index contributed by atoms with van der Waals surface area (Å²) in [5.41, 5.74) is 3.56. The molecule has 0 spiro atoms. The molecule has 1 fully saturated rings. The van der Waals surface area contributed by atoms with Crippen LogP contribution in [0.5, 0.6) is 0 Å². The van der Waals surface area contributed by atoms with E-state index in [0.29, 0.717) is 0 Å². The predicted octanol–water partition coefficient (Wildman–Crippen LogP) is 3.62. The standard InChI is InChI=1S/C24H29N5OS/c1-18-9-11-21(12-10-18)22-25-26-24(27(22)3)31-19(2)23(30)29-15-13-28(14-16-29)17-20-7-5-4-6-8-20/h4-12,19H,13-17H2,1-3H3. The van der Waals surface area contributed by atoms with E-state index in [1.165, 1.54) is 22.9 Å². The van der Waals surface area contributed by atoms with Gasteiger partial charge in [-0.15, -0.1) is 10.2 Å². The van der Waals surface area contributed by atoms with Crippen LogP contribution in [0.25, 0.3) is 11.4 Å². The lowest BCUT2D eigenvalue weighted by Gasteiger charge is -2.35. The molecular formula is C24H29N5OS. The number of carbonyl (C=O) groups excluding carboxylic acids is 1.